The normalized spacial score (nSPS) is 11.0. The van der Waals surface area contributed by atoms with Crippen molar-refractivity contribution in [2.75, 3.05) is 13.7 Å². The molecule has 25 heavy (non-hydrogen) atoms. The minimum Gasteiger partial charge on any atom is -0.465 e. The van der Waals surface area contributed by atoms with Crippen molar-refractivity contribution in [3.05, 3.63) is 50.1 Å². The van der Waals surface area contributed by atoms with Crippen molar-refractivity contribution in [2.24, 2.45) is 0 Å². The van der Waals surface area contributed by atoms with E-state index in [1.807, 2.05) is 19.9 Å². The van der Waals surface area contributed by atoms with Crippen molar-refractivity contribution in [2.45, 2.75) is 20.8 Å². The lowest BCUT2D eigenvalue weighted by atomic mass is 10.1. The highest BCUT2D eigenvalue weighted by molar-refractivity contribution is 7.17. The van der Waals surface area contributed by atoms with E-state index in [0.29, 0.717) is 15.8 Å². The van der Waals surface area contributed by atoms with Crippen molar-refractivity contribution in [1.82, 2.24) is 4.40 Å². The molecule has 0 saturated heterocycles. The van der Waals surface area contributed by atoms with Crippen LogP contribution in [0.5, 0.6) is 0 Å². The van der Waals surface area contributed by atoms with Crippen LogP contribution in [-0.2, 0) is 9.47 Å². The van der Waals surface area contributed by atoms with Gasteiger partial charge in [-0.3, -0.25) is 4.79 Å². The first-order valence-corrected chi connectivity index (χ1v) is 8.60. The number of esters is 2. The topological polar surface area (TPSA) is 74.1 Å². The molecule has 0 N–H and O–H groups in total. The predicted molar refractivity (Wildman–Crippen MR) is 95.8 cm³/mol. The Hall–Kier alpha value is -2.67. The fourth-order valence-electron chi connectivity index (χ4n) is 3.00. The van der Waals surface area contributed by atoms with E-state index in [1.54, 1.807) is 17.5 Å². The fraction of sp³-hybridized carbons (Fsp3) is 0.278. The summed E-state index contributed by atoms with van der Waals surface area (Å²) in [6, 6.07) is 1.94. The summed E-state index contributed by atoms with van der Waals surface area (Å²) in [7, 11) is 1.23. The van der Waals surface area contributed by atoms with E-state index in [9.17, 15) is 14.4 Å². The van der Waals surface area contributed by atoms with Crippen molar-refractivity contribution in [1.29, 1.82) is 0 Å². The first kappa shape index (κ1) is 17.2. The van der Waals surface area contributed by atoms with Gasteiger partial charge in [-0.15, -0.1) is 11.3 Å². The molecule has 0 unspecified atom stereocenters. The van der Waals surface area contributed by atoms with Crippen molar-refractivity contribution in [3.63, 3.8) is 0 Å². The van der Waals surface area contributed by atoms with Crippen LogP contribution in [0.2, 0.25) is 0 Å². The quantitative estimate of drug-likeness (QED) is 0.672. The lowest BCUT2D eigenvalue weighted by molar-refractivity contribution is 0.0530. The van der Waals surface area contributed by atoms with Gasteiger partial charge in [-0.05, 0) is 31.9 Å². The highest BCUT2D eigenvalue weighted by Gasteiger charge is 2.25. The molecule has 3 heterocycles. The van der Waals surface area contributed by atoms with E-state index in [0.717, 1.165) is 22.5 Å². The number of nitrogens with zero attached hydrogens (tertiary/aromatic N) is 1. The molecule has 0 aliphatic rings. The molecule has 3 aromatic heterocycles. The maximum Gasteiger partial charge on any atom is 0.342 e. The van der Waals surface area contributed by atoms with Crippen LogP contribution >= 0.6 is 11.3 Å². The summed E-state index contributed by atoms with van der Waals surface area (Å²) in [6.07, 6.45) is 1.78. The van der Waals surface area contributed by atoms with Crippen LogP contribution in [-0.4, -0.2) is 30.1 Å². The second-order valence-electron chi connectivity index (χ2n) is 5.66. The smallest absolute Gasteiger partial charge is 0.342 e. The Labute approximate surface area is 147 Å². The van der Waals surface area contributed by atoms with Gasteiger partial charge in [-0.25, -0.2) is 9.59 Å². The Morgan fingerprint density at radius 3 is 2.56 bits per heavy atom. The minimum atomic E-state index is -0.694. The molecule has 3 aromatic rings. The fourth-order valence-corrected chi connectivity index (χ4v) is 4.04. The Bertz CT molecular complexity index is 1080. The molecule has 0 amide bonds. The van der Waals surface area contributed by atoms with Crippen LogP contribution in [0.25, 0.3) is 15.7 Å². The zero-order valence-electron chi connectivity index (χ0n) is 14.3. The summed E-state index contributed by atoms with van der Waals surface area (Å²) in [5.41, 5.74) is 2.54. The highest BCUT2D eigenvalue weighted by atomic mass is 32.1. The lowest BCUT2D eigenvalue weighted by Crippen LogP contribution is -2.16. The Balaban J connectivity index is 2.54. The van der Waals surface area contributed by atoms with Gasteiger partial charge in [0.2, 0.25) is 5.43 Å². The Morgan fingerprint density at radius 1 is 1.20 bits per heavy atom. The number of rotatable bonds is 3. The van der Waals surface area contributed by atoms with Gasteiger partial charge in [-0.2, -0.15) is 0 Å². The van der Waals surface area contributed by atoms with Crippen LogP contribution in [0.4, 0.5) is 0 Å². The van der Waals surface area contributed by atoms with E-state index in [1.165, 1.54) is 12.5 Å². The molecule has 0 atom stereocenters. The van der Waals surface area contributed by atoms with Crippen molar-refractivity contribution in [3.8, 4) is 0 Å². The molecule has 0 spiro atoms. The molecule has 0 aliphatic carbocycles. The molecule has 7 heteroatoms. The number of pyridine rings is 1. The number of aryl methyl sites for hydroxylation is 2. The molecule has 6 nitrogen and oxygen atoms in total. The van der Waals surface area contributed by atoms with Gasteiger partial charge < -0.3 is 13.9 Å². The number of methoxy groups -OCH3 is 1. The monoisotopic (exact) mass is 359 g/mol. The van der Waals surface area contributed by atoms with Crippen molar-refractivity contribution >= 4 is 39.0 Å². The summed E-state index contributed by atoms with van der Waals surface area (Å²) in [5.74, 6) is -1.18. The Morgan fingerprint density at radius 2 is 1.92 bits per heavy atom. The van der Waals surface area contributed by atoms with Gasteiger partial charge in [0.25, 0.3) is 0 Å². The molecule has 130 valence electrons. The standard InChI is InChI=1S/C18H17NO5S/c1-5-24-18(22)12-13-10(3)6-9(2)7-19(13)14-15(20)11(17(21)23-4)8-25-16(12)14/h6-8H,5H2,1-4H3. The maximum atomic E-state index is 12.9. The van der Waals surface area contributed by atoms with Gasteiger partial charge in [0, 0.05) is 11.6 Å². The second-order valence-corrected chi connectivity index (χ2v) is 6.54. The number of hydrogen-bond donors (Lipinski definition) is 0. The summed E-state index contributed by atoms with van der Waals surface area (Å²) >= 11 is 1.16. The first-order valence-electron chi connectivity index (χ1n) is 7.72. The maximum absolute atomic E-state index is 12.9. The summed E-state index contributed by atoms with van der Waals surface area (Å²) in [4.78, 5) is 37.3. The zero-order valence-corrected chi connectivity index (χ0v) is 15.2. The van der Waals surface area contributed by atoms with Crippen molar-refractivity contribution < 1.29 is 19.1 Å². The predicted octanol–water partition coefficient (Wildman–Crippen LogP) is 3.09. The number of fused-ring (bicyclic) bond motifs is 3. The Kier molecular flexibility index (Phi) is 4.34. The van der Waals surface area contributed by atoms with Crippen LogP contribution in [0.1, 0.15) is 38.8 Å². The number of carbonyl (C=O) groups excluding carboxylic acids is 2. The molecule has 0 saturated carbocycles. The third-order valence-corrected chi connectivity index (χ3v) is 4.94. The van der Waals surface area contributed by atoms with E-state index in [4.69, 9.17) is 4.74 Å². The number of aromatic nitrogens is 1. The number of ether oxygens (including phenoxy) is 2. The van der Waals surface area contributed by atoms with E-state index >= 15 is 0 Å². The zero-order chi connectivity index (χ0) is 18.3. The highest BCUT2D eigenvalue weighted by Crippen LogP contribution is 2.31. The van der Waals surface area contributed by atoms with Crippen LogP contribution in [0.3, 0.4) is 0 Å². The third kappa shape index (κ3) is 2.60. The summed E-state index contributed by atoms with van der Waals surface area (Å²) < 4.78 is 12.1. The molecule has 0 bridgehead atoms. The van der Waals surface area contributed by atoms with Crippen LogP contribution in [0, 0.1) is 13.8 Å². The molecule has 0 radical (unpaired) electrons. The first-order chi connectivity index (χ1) is 11.9. The number of hydrogen-bond acceptors (Lipinski definition) is 6. The average Bonchev–Trinajstić information content (AvgIpc) is 2.90. The van der Waals surface area contributed by atoms with E-state index < -0.39 is 17.4 Å². The van der Waals surface area contributed by atoms with Crippen LogP contribution < -0.4 is 5.43 Å². The van der Waals surface area contributed by atoms with E-state index in [2.05, 4.69) is 4.74 Å². The molecule has 0 aromatic carbocycles. The van der Waals surface area contributed by atoms with Gasteiger partial charge in [0.1, 0.15) is 16.6 Å². The molecular weight excluding hydrogens is 342 g/mol. The van der Waals surface area contributed by atoms with Crippen LogP contribution in [0.15, 0.2) is 22.4 Å². The SMILES string of the molecule is CCOC(=O)c1c2scc(C(=O)OC)c(=O)c2n2cc(C)cc(C)c12. The molecular formula is C18H17NO5S. The van der Waals surface area contributed by atoms with Gasteiger partial charge >= 0.3 is 11.9 Å². The number of carbonyl (C=O) groups is 2. The molecule has 0 aliphatic heterocycles. The van der Waals surface area contributed by atoms with Gasteiger partial charge in [0.15, 0.2) is 0 Å². The average molecular weight is 359 g/mol. The van der Waals surface area contributed by atoms with Gasteiger partial charge in [0.05, 0.1) is 23.9 Å². The largest absolute Gasteiger partial charge is 0.465 e. The molecule has 0 fully saturated rings. The van der Waals surface area contributed by atoms with E-state index in [-0.39, 0.29) is 17.7 Å². The molecule has 3 rings (SSSR count). The third-order valence-electron chi connectivity index (χ3n) is 3.95. The summed E-state index contributed by atoms with van der Waals surface area (Å²) in [6.45, 7) is 5.74. The van der Waals surface area contributed by atoms with Gasteiger partial charge in [-0.1, -0.05) is 6.07 Å². The minimum absolute atomic E-state index is 0.0473. The summed E-state index contributed by atoms with van der Waals surface area (Å²) in [5, 5.41) is 1.43. The second kappa shape index (κ2) is 6.33. The lowest BCUT2D eigenvalue weighted by Gasteiger charge is -2.05.